The molecular formula is C12H16O4. The summed E-state index contributed by atoms with van der Waals surface area (Å²) in [6.07, 6.45) is -0.109. The first kappa shape index (κ1) is 12.4. The first-order chi connectivity index (χ1) is 7.47. The number of ether oxygens (including phenoxy) is 2. The van der Waals surface area contributed by atoms with Gasteiger partial charge in [0.05, 0.1) is 18.8 Å². The summed E-state index contributed by atoms with van der Waals surface area (Å²) in [5, 5.41) is 9.89. The van der Waals surface area contributed by atoms with E-state index < -0.39 is 0 Å². The summed E-state index contributed by atoms with van der Waals surface area (Å²) < 4.78 is 10.5. The quantitative estimate of drug-likeness (QED) is 0.798. The fourth-order valence-corrected chi connectivity index (χ4v) is 1.35. The minimum atomic E-state index is -0.214. The number of carbonyl (C=O) groups excluding carboxylic acids is 1. The third-order valence-electron chi connectivity index (χ3n) is 2.05. The Balaban J connectivity index is 3.28. The molecule has 88 valence electrons. The highest BCUT2D eigenvalue weighted by atomic mass is 16.5. The molecule has 16 heavy (non-hydrogen) atoms. The van der Waals surface area contributed by atoms with Gasteiger partial charge in [0.15, 0.2) is 17.3 Å². The molecule has 4 heteroatoms. The number of hydrogen-bond acceptors (Lipinski definition) is 4. The van der Waals surface area contributed by atoms with E-state index in [2.05, 4.69) is 0 Å². The summed E-state index contributed by atoms with van der Waals surface area (Å²) >= 11 is 0. The zero-order chi connectivity index (χ0) is 12.3. The Morgan fingerprint density at radius 3 is 2.44 bits per heavy atom. The van der Waals surface area contributed by atoms with Crippen LogP contribution in [-0.2, 0) is 0 Å². The number of methoxy groups -OCH3 is 1. The van der Waals surface area contributed by atoms with E-state index >= 15 is 0 Å². The number of ketones is 1. The van der Waals surface area contributed by atoms with E-state index in [4.69, 9.17) is 9.47 Å². The van der Waals surface area contributed by atoms with Crippen LogP contribution in [0.1, 0.15) is 31.1 Å². The van der Waals surface area contributed by atoms with Crippen LogP contribution in [0.5, 0.6) is 17.2 Å². The molecule has 0 bridgehead atoms. The molecule has 0 saturated heterocycles. The second-order valence-electron chi connectivity index (χ2n) is 3.72. The monoisotopic (exact) mass is 224 g/mol. The summed E-state index contributed by atoms with van der Waals surface area (Å²) in [4.78, 5) is 11.2. The summed E-state index contributed by atoms with van der Waals surface area (Å²) in [7, 11) is 1.48. The van der Waals surface area contributed by atoms with E-state index in [-0.39, 0.29) is 28.9 Å². The van der Waals surface area contributed by atoms with Crippen molar-refractivity contribution in [2.24, 2.45) is 0 Å². The second kappa shape index (κ2) is 4.88. The Morgan fingerprint density at radius 2 is 2.00 bits per heavy atom. The van der Waals surface area contributed by atoms with Crippen molar-refractivity contribution >= 4 is 5.78 Å². The van der Waals surface area contributed by atoms with Gasteiger partial charge < -0.3 is 14.6 Å². The van der Waals surface area contributed by atoms with Crippen molar-refractivity contribution in [1.82, 2.24) is 0 Å². The molecule has 0 atom stereocenters. The van der Waals surface area contributed by atoms with Crippen LogP contribution in [0.3, 0.4) is 0 Å². The number of hydrogen-bond donors (Lipinski definition) is 1. The van der Waals surface area contributed by atoms with Crippen molar-refractivity contribution in [3.8, 4) is 17.2 Å². The number of Topliss-reactive ketones (excluding diaryl/α,β-unsaturated/α-hetero) is 1. The van der Waals surface area contributed by atoms with Gasteiger partial charge in [-0.3, -0.25) is 4.79 Å². The van der Waals surface area contributed by atoms with Gasteiger partial charge in [-0.05, 0) is 32.9 Å². The average Bonchev–Trinajstić information content (AvgIpc) is 2.19. The standard InChI is InChI=1S/C12H16O4/c1-7(2)16-12-10(15-4)6-5-9(8(3)13)11(12)14/h5-7,14H,1-4H3. The van der Waals surface area contributed by atoms with E-state index in [0.29, 0.717) is 5.75 Å². The maximum Gasteiger partial charge on any atom is 0.204 e. The smallest absolute Gasteiger partial charge is 0.204 e. The van der Waals surface area contributed by atoms with E-state index in [1.807, 2.05) is 13.8 Å². The highest BCUT2D eigenvalue weighted by Crippen LogP contribution is 2.39. The molecule has 0 aromatic heterocycles. The SMILES string of the molecule is COc1ccc(C(C)=O)c(O)c1OC(C)C. The molecule has 0 aliphatic rings. The van der Waals surface area contributed by atoms with E-state index in [1.165, 1.54) is 20.1 Å². The second-order valence-corrected chi connectivity index (χ2v) is 3.72. The molecule has 0 radical (unpaired) electrons. The number of phenols is 1. The molecule has 1 aromatic rings. The first-order valence-electron chi connectivity index (χ1n) is 5.05. The first-order valence-corrected chi connectivity index (χ1v) is 5.05. The van der Waals surface area contributed by atoms with Gasteiger partial charge >= 0.3 is 0 Å². The summed E-state index contributed by atoms with van der Waals surface area (Å²) in [6, 6.07) is 3.12. The molecule has 1 N–H and O–H groups in total. The van der Waals surface area contributed by atoms with Crippen LogP contribution in [0.15, 0.2) is 12.1 Å². The fraction of sp³-hybridized carbons (Fsp3) is 0.417. The van der Waals surface area contributed by atoms with Crippen LogP contribution in [0, 0.1) is 0 Å². The van der Waals surface area contributed by atoms with Gasteiger partial charge in [0.2, 0.25) is 5.75 Å². The van der Waals surface area contributed by atoms with E-state index in [0.717, 1.165) is 0 Å². The lowest BCUT2D eigenvalue weighted by atomic mass is 10.1. The molecule has 0 saturated carbocycles. The molecule has 0 aliphatic heterocycles. The van der Waals surface area contributed by atoms with Crippen molar-refractivity contribution in [3.05, 3.63) is 17.7 Å². The third kappa shape index (κ3) is 2.45. The van der Waals surface area contributed by atoms with Crippen molar-refractivity contribution in [2.45, 2.75) is 26.9 Å². The van der Waals surface area contributed by atoms with Crippen LogP contribution >= 0.6 is 0 Å². The van der Waals surface area contributed by atoms with Gasteiger partial charge in [-0.25, -0.2) is 0 Å². The number of rotatable bonds is 4. The maximum atomic E-state index is 11.2. The van der Waals surface area contributed by atoms with Crippen molar-refractivity contribution in [2.75, 3.05) is 7.11 Å². The van der Waals surface area contributed by atoms with E-state index in [9.17, 15) is 9.90 Å². The Kier molecular flexibility index (Phi) is 3.77. The van der Waals surface area contributed by atoms with Gasteiger partial charge in [-0.15, -0.1) is 0 Å². The van der Waals surface area contributed by atoms with Crippen molar-refractivity contribution in [1.29, 1.82) is 0 Å². The minimum Gasteiger partial charge on any atom is -0.504 e. The van der Waals surface area contributed by atoms with Gasteiger partial charge in [-0.1, -0.05) is 0 Å². The topological polar surface area (TPSA) is 55.8 Å². The predicted octanol–water partition coefficient (Wildman–Crippen LogP) is 2.39. The molecule has 0 aliphatic carbocycles. The molecular weight excluding hydrogens is 208 g/mol. The molecule has 4 nitrogen and oxygen atoms in total. The molecule has 1 aromatic carbocycles. The molecule has 0 fully saturated rings. The lowest BCUT2D eigenvalue weighted by Gasteiger charge is -2.16. The highest BCUT2D eigenvalue weighted by molar-refractivity contribution is 5.98. The lowest BCUT2D eigenvalue weighted by molar-refractivity contribution is 0.101. The van der Waals surface area contributed by atoms with Gasteiger partial charge in [0.1, 0.15) is 0 Å². The van der Waals surface area contributed by atoms with Crippen molar-refractivity contribution in [3.63, 3.8) is 0 Å². The number of aromatic hydroxyl groups is 1. The zero-order valence-corrected chi connectivity index (χ0v) is 9.90. The highest BCUT2D eigenvalue weighted by Gasteiger charge is 2.18. The van der Waals surface area contributed by atoms with Crippen LogP contribution in [0.2, 0.25) is 0 Å². The van der Waals surface area contributed by atoms with Crippen molar-refractivity contribution < 1.29 is 19.4 Å². The molecule has 0 unspecified atom stereocenters. The largest absolute Gasteiger partial charge is 0.504 e. The third-order valence-corrected chi connectivity index (χ3v) is 2.05. The van der Waals surface area contributed by atoms with E-state index in [1.54, 1.807) is 6.07 Å². The minimum absolute atomic E-state index is 0.109. The Morgan fingerprint density at radius 1 is 1.38 bits per heavy atom. The van der Waals surface area contributed by atoms with Crippen LogP contribution in [-0.4, -0.2) is 24.1 Å². The summed E-state index contributed by atoms with van der Waals surface area (Å²) in [5.41, 5.74) is 0.233. The van der Waals surface area contributed by atoms with Crippen LogP contribution < -0.4 is 9.47 Å². The predicted molar refractivity (Wildman–Crippen MR) is 60.4 cm³/mol. The fourth-order valence-electron chi connectivity index (χ4n) is 1.35. The lowest BCUT2D eigenvalue weighted by Crippen LogP contribution is -2.08. The number of phenolic OH excluding ortho intramolecular Hbond substituents is 1. The number of carbonyl (C=O) groups is 1. The van der Waals surface area contributed by atoms with Gasteiger partial charge in [0.25, 0.3) is 0 Å². The molecule has 1 rings (SSSR count). The van der Waals surface area contributed by atoms with Gasteiger partial charge in [-0.2, -0.15) is 0 Å². The number of benzene rings is 1. The maximum absolute atomic E-state index is 11.2. The molecule has 0 heterocycles. The Bertz CT molecular complexity index is 396. The van der Waals surface area contributed by atoms with Gasteiger partial charge in [0, 0.05) is 0 Å². The summed E-state index contributed by atoms with van der Waals surface area (Å²) in [6.45, 7) is 5.05. The summed E-state index contributed by atoms with van der Waals surface area (Å²) in [5.74, 6) is 0.246. The zero-order valence-electron chi connectivity index (χ0n) is 9.90. The normalized spacial score (nSPS) is 10.3. The Hall–Kier alpha value is -1.71. The van der Waals surface area contributed by atoms with Crippen LogP contribution in [0.4, 0.5) is 0 Å². The molecule has 0 amide bonds. The van der Waals surface area contributed by atoms with Crippen LogP contribution in [0.25, 0.3) is 0 Å². The molecule has 0 spiro atoms. The Labute approximate surface area is 94.8 Å². The average molecular weight is 224 g/mol.